The van der Waals surface area contributed by atoms with E-state index < -0.39 is 0 Å². The van der Waals surface area contributed by atoms with Crippen LogP contribution in [-0.4, -0.2) is 10.2 Å². The molecule has 0 saturated carbocycles. The van der Waals surface area contributed by atoms with E-state index >= 15 is 0 Å². The first kappa shape index (κ1) is 13.9. The van der Waals surface area contributed by atoms with Crippen LogP contribution in [0.1, 0.15) is 38.3 Å². The normalized spacial score (nSPS) is 11.2. The number of rotatable bonds is 4. The van der Waals surface area contributed by atoms with Crippen molar-refractivity contribution in [3.8, 4) is 11.1 Å². The van der Waals surface area contributed by atoms with E-state index in [1.807, 2.05) is 0 Å². The molecule has 0 spiro atoms. The molecule has 0 unspecified atom stereocenters. The van der Waals surface area contributed by atoms with Crippen LogP contribution >= 0.6 is 11.6 Å². The molecule has 0 aliphatic carbocycles. The molecule has 3 nitrogen and oxygen atoms in total. The van der Waals surface area contributed by atoms with Crippen LogP contribution in [0.15, 0.2) is 18.2 Å². The van der Waals surface area contributed by atoms with Crippen molar-refractivity contribution < 1.29 is 4.39 Å². The van der Waals surface area contributed by atoms with Gasteiger partial charge in [-0.3, -0.25) is 5.10 Å². The third kappa shape index (κ3) is 2.45. The van der Waals surface area contributed by atoms with Gasteiger partial charge in [0.25, 0.3) is 0 Å². The average molecular weight is 282 g/mol. The van der Waals surface area contributed by atoms with E-state index in [1.165, 1.54) is 6.07 Å². The molecule has 0 saturated heterocycles. The first-order valence-electron chi connectivity index (χ1n) is 6.38. The van der Waals surface area contributed by atoms with E-state index in [1.54, 1.807) is 12.1 Å². The van der Waals surface area contributed by atoms with E-state index in [-0.39, 0.29) is 17.6 Å². The third-order valence-corrected chi connectivity index (χ3v) is 3.74. The van der Waals surface area contributed by atoms with E-state index in [9.17, 15) is 4.39 Å². The minimum absolute atomic E-state index is 0.260. The largest absolute Gasteiger partial charge is 0.382 e. The van der Waals surface area contributed by atoms with Crippen LogP contribution in [0.3, 0.4) is 0 Å². The van der Waals surface area contributed by atoms with Crippen LogP contribution < -0.4 is 5.73 Å². The Morgan fingerprint density at radius 1 is 1.32 bits per heavy atom. The second kappa shape index (κ2) is 5.61. The molecular weight excluding hydrogens is 265 g/mol. The molecular formula is C14H17ClFN3. The SMILES string of the molecule is CCC(CC)c1[nH]nc(N)c1-c1c(F)cccc1Cl. The maximum atomic E-state index is 14.1. The molecule has 3 N–H and O–H groups in total. The maximum Gasteiger partial charge on any atom is 0.153 e. The van der Waals surface area contributed by atoms with Crippen LogP contribution in [0, 0.1) is 5.82 Å². The zero-order valence-electron chi connectivity index (χ0n) is 11.0. The highest BCUT2D eigenvalue weighted by atomic mass is 35.5. The zero-order valence-corrected chi connectivity index (χ0v) is 11.8. The molecule has 0 aliphatic rings. The molecule has 2 aromatic rings. The van der Waals surface area contributed by atoms with Crippen molar-refractivity contribution in [2.45, 2.75) is 32.6 Å². The number of aromatic amines is 1. The molecule has 0 fully saturated rings. The van der Waals surface area contributed by atoms with Gasteiger partial charge in [0, 0.05) is 17.2 Å². The fourth-order valence-corrected chi connectivity index (χ4v) is 2.62. The summed E-state index contributed by atoms with van der Waals surface area (Å²) < 4.78 is 14.1. The lowest BCUT2D eigenvalue weighted by Crippen LogP contribution is -2.00. The highest BCUT2D eigenvalue weighted by Crippen LogP contribution is 2.39. The third-order valence-electron chi connectivity index (χ3n) is 3.43. The lowest BCUT2D eigenvalue weighted by molar-refractivity contribution is 0.617. The molecule has 0 atom stereocenters. The highest BCUT2D eigenvalue weighted by molar-refractivity contribution is 6.33. The summed E-state index contributed by atoms with van der Waals surface area (Å²) in [6.07, 6.45) is 1.86. The smallest absolute Gasteiger partial charge is 0.153 e. The number of hydrogen-bond donors (Lipinski definition) is 2. The molecule has 1 aromatic carbocycles. The van der Waals surface area contributed by atoms with Crippen LogP contribution in [-0.2, 0) is 0 Å². The molecule has 102 valence electrons. The van der Waals surface area contributed by atoms with Crippen molar-refractivity contribution in [2.24, 2.45) is 0 Å². The Morgan fingerprint density at radius 3 is 2.58 bits per heavy atom. The average Bonchev–Trinajstić information content (AvgIpc) is 2.74. The van der Waals surface area contributed by atoms with Crippen LogP contribution in [0.25, 0.3) is 11.1 Å². The maximum absolute atomic E-state index is 14.1. The van der Waals surface area contributed by atoms with Crippen molar-refractivity contribution in [3.05, 3.63) is 34.7 Å². The van der Waals surface area contributed by atoms with Gasteiger partial charge in [-0.2, -0.15) is 5.10 Å². The number of nitrogens with two attached hydrogens (primary N) is 1. The molecule has 5 heteroatoms. The Balaban J connectivity index is 2.65. The summed E-state index contributed by atoms with van der Waals surface area (Å²) in [6.45, 7) is 4.16. The Bertz CT molecular complexity index is 556. The van der Waals surface area contributed by atoms with E-state index in [0.717, 1.165) is 18.5 Å². The number of H-pyrrole nitrogens is 1. The topological polar surface area (TPSA) is 54.7 Å². The van der Waals surface area contributed by atoms with Crippen LogP contribution in [0.2, 0.25) is 5.02 Å². The summed E-state index contributed by atoms with van der Waals surface area (Å²) in [5, 5.41) is 7.30. The van der Waals surface area contributed by atoms with Crippen molar-refractivity contribution in [1.29, 1.82) is 0 Å². The van der Waals surface area contributed by atoms with Gasteiger partial charge in [0.1, 0.15) is 5.82 Å². The standard InChI is InChI=1S/C14H17ClFN3/c1-3-8(4-2)13-12(14(17)19-18-13)11-9(15)6-5-7-10(11)16/h5-8H,3-4H2,1-2H3,(H3,17,18,19). The second-order valence-corrected chi connectivity index (χ2v) is 4.91. The molecule has 0 aliphatic heterocycles. The Hall–Kier alpha value is -1.55. The van der Waals surface area contributed by atoms with Crippen LogP contribution in [0.4, 0.5) is 10.2 Å². The Kier molecular flexibility index (Phi) is 4.10. The summed E-state index contributed by atoms with van der Waals surface area (Å²) in [4.78, 5) is 0. The molecule has 1 heterocycles. The Labute approximate surface area is 117 Å². The van der Waals surface area contributed by atoms with E-state index in [0.29, 0.717) is 16.1 Å². The monoisotopic (exact) mass is 281 g/mol. The van der Waals surface area contributed by atoms with Crippen LogP contribution in [0.5, 0.6) is 0 Å². The molecule has 0 amide bonds. The van der Waals surface area contributed by atoms with Gasteiger partial charge < -0.3 is 5.73 Å². The van der Waals surface area contributed by atoms with Gasteiger partial charge in [-0.1, -0.05) is 31.5 Å². The predicted molar refractivity (Wildman–Crippen MR) is 76.7 cm³/mol. The summed E-state index contributed by atoms with van der Waals surface area (Å²) in [5.74, 6) is 0.164. The summed E-state index contributed by atoms with van der Waals surface area (Å²) in [7, 11) is 0. The number of nitrogen functional groups attached to an aromatic ring is 1. The summed E-state index contributed by atoms with van der Waals surface area (Å²) in [6, 6.07) is 4.61. The lowest BCUT2D eigenvalue weighted by atomic mass is 9.92. The van der Waals surface area contributed by atoms with Gasteiger partial charge in [0.15, 0.2) is 5.82 Å². The quantitative estimate of drug-likeness (QED) is 0.875. The number of anilines is 1. The fraction of sp³-hybridized carbons (Fsp3) is 0.357. The molecule has 2 rings (SSSR count). The minimum Gasteiger partial charge on any atom is -0.382 e. The van der Waals surface area contributed by atoms with Gasteiger partial charge in [0.05, 0.1) is 10.6 Å². The van der Waals surface area contributed by atoms with E-state index in [4.69, 9.17) is 17.3 Å². The summed E-state index contributed by atoms with van der Waals surface area (Å²) in [5.41, 5.74) is 7.67. The van der Waals surface area contributed by atoms with Crippen molar-refractivity contribution in [1.82, 2.24) is 10.2 Å². The first-order chi connectivity index (χ1) is 9.10. The van der Waals surface area contributed by atoms with Crippen molar-refractivity contribution >= 4 is 17.4 Å². The molecule has 0 radical (unpaired) electrons. The Morgan fingerprint density at radius 2 is 2.00 bits per heavy atom. The van der Waals surface area contributed by atoms with Crippen molar-refractivity contribution in [3.63, 3.8) is 0 Å². The number of hydrogen-bond acceptors (Lipinski definition) is 2. The molecule has 0 bridgehead atoms. The van der Waals surface area contributed by atoms with E-state index in [2.05, 4.69) is 24.0 Å². The first-order valence-corrected chi connectivity index (χ1v) is 6.76. The highest BCUT2D eigenvalue weighted by Gasteiger charge is 2.23. The number of benzene rings is 1. The number of aromatic nitrogens is 2. The van der Waals surface area contributed by atoms with Gasteiger partial charge >= 0.3 is 0 Å². The van der Waals surface area contributed by atoms with Gasteiger partial charge in [-0.15, -0.1) is 0 Å². The molecule has 19 heavy (non-hydrogen) atoms. The lowest BCUT2D eigenvalue weighted by Gasteiger charge is -2.14. The number of halogens is 2. The van der Waals surface area contributed by atoms with Gasteiger partial charge in [0.2, 0.25) is 0 Å². The number of nitrogens with zero attached hydrogens (tertiary/aromatic N) is 1. The minimum atomic E-state index is -0.382. The molecule has 1 aromatic heterocycles. The fourth-order valence-electron chi connectivity index (χ4n) is 2.36. The number of nitrogens with one attached hydrogen (secondary N) is 1. The summed E-state index contributed by atoms with van der Waals surface area (Å²) >= 11 is 6.12. The second-order valence-electron chi connectivity index (χ2n) is 4.51. The predicted octanol–water partition coefficient (Wildman–Crippen LogP) is 4.36. The van der Waals surface area contributed by atoms with Crippen molar-refractivity contribution in [2.75, 3.05) is 5.73 Å². The van der Waals surface area contributed by atoms with Gasteiger partial charge in [-0.25, -0.2) is 4.39 Å². The zero-order chi connectivity index (χ0) is 14.0. The van der Waals surface area contributed by atoms with Gasteiger partial charge in [-0.05, 0) is 25.0 Å².